The molecule has 3 heterocycles. The average molecular weight is 348 g/mol. The van der Waals surface area contributed by atoms with E-state index in [1.807, 2.05) is 11.0 Å². The normalized spacial score (nSPS) is 29.0. The highest BCUT2D eigenvalue weighted by Crippen LogP contribution is 2.41. The van der Waals surface area contributed by atoms with Gasteiger partial charge in [0.2, 0.25) is 0 Å². The van der Waals surface area contributed by atoms with Gasteiger partial charge >= 0.3 is 0 Å². The molecule has 25 heavy (non-hydrogen) atoms. The summed E-state index contributed by atoms with van der Waals surface area (Å²) >= 11 is 0. The van der Waals surface area contributed by atoms with Gasteiger partial charge in [-0.15, -0.1) is 0 Å². The number of likely N-dealkylation sites (tertiary alicyclic amines) is 1. The minimum atomic E-state index is -2.56. The zero-order valence-corrected chi connectivity index (χ0v) is 14.1. The van der Waals surface area contributed by atoms with Crippen LogP contribution in [0.1, 0.15) is 26.2 Å². The van der Waals surface area contributed by atoms with Gasteiger partial charge in [0.15, 0.2) is 5.65 Å². The molecule has 3 atom stereocenters. The summed E-state index contributed by atoms with van der Waals surface area (Å²) in [6.45, 7) is 1.76. The molecule has 1 saturated carbocycles. The molecule has 2 fully saturated rings. The second-order valence-corrected chi connectivity index (χ2v) is 7.24. The number of rotatable bonds is 3. The van der Waals surface area contributed by atoms with Crippen molar-refractivity contribution in [1.29, 1.82) is 10.8 Å². The zero-order valence-electron chi connectivity index (χ0n) is 14.1. The van der Waals surface area contributed by atoms with Gasteiger partial charge in [-0.25, -0.2) is 13.8 Å². The molecule has 1 unspecified atom stereocenters. The van der Waals surface area contributed by atoms with Crippen LogP contribution in [0.3, 0.4) is 0 Å². The minimum Gasteiger partial charge on any atom is -0.345 e. The van der Waals surface area contributed by atoms with Crippen LogP contribution in [0.25, 0.3) is 11.2 Å². The van der Waals surface area contributed by atoms with E-state index in [1.165, 1.54) is 6.20 Å². The highest BCUT2D eigenvalue weighted by Gasteiger charge is 2.50. The molecule has 0 amide bonds. The van der Waals surface area contributed by atoms with Crippen molar-refractivity contribution in [2.75, 3.05) is 13.1 Å². The minimum absolute atomic E-state index is 0.0289. The van der Waals surface area contributed by atoms with E-state index in [0.29, 0.717) is 23.4 Å². The van der Waals surface area contributed by atoms with Crippen molar-refractivity contribution in [2.24, 2.45) is 11.8 Å². The number of H-pyrrole nitrogens is 1. The van der Waals surface area contributed by atoms with E-state index in [0.717, 1.165) is 12.8 Å². The fourth-order valence-electron chi connectivity index (χ4n) is 4.36. The van der Waals surface area contributed by atoms with Gasteiger partial charge < -0.3 is 4.98 Å². The van der Waals surface area contributed by atoms with Crippen LogP contribution in [0.2, 0.25) is 0 Å². The number of nitrogens with one attached hydrogen (secondary N) is 3. The lowest BCUT2D eigenvalue weighted by atomic mass is 9.92. The number of aromatic amines is 1. The predicted octanol–water partition coefficient (Wildman–Crippen LogP) is 2.42. The second kappa shape index (κ2) is 5.72. The molecular formula is C17H22F2N6. The Bertz CT molecular complexity index is 861. The summed E-state index contributed by atoms with van der Waals surface area (Å²) < 4.78 is 28.0. The van der Waals surface area contributed by atoms with E-state index < -0.39 is 5.92 Å². The molecule has 0 radical (unpaired) electrons. The Balaban J connectivity index is 1.61. The SMILES string of the molecule is CC[C@@H]1C[C@H](N2CC(F)(F)C2)CC1C(=N)n1c(=N)cnc2[nH]ccc21. The Hall–Kier alpha value is -2.09. The molecule has 134 valence electrons. The topological polar surface area (TPSA) is 84.6 Å². The van der Waals surface area contributed by atoms with Crippen molar-refractivity contribution < 1.29 is 8.78 Å². The molecule has 1 aliphatic carbocycles. The van der Waals surface area contributed by atoms with Crippen molar-refractivity contribution in [1.82, 2.24) is 19.4 Å². The molecular weight excluding hydrogens is 326 g/mol. The molecule has 0 aromatic carbocycles. The van der Waals surface area contributed by atoms with E-state index in [4.69, 9.17) is 10.8 Å². The molecule has 2 aromatic rings. The highest BCUT2D eigenvalue weighted by molar-refractivity contribution is 5.91. The third-order valence-electron chi connectivity index (χ3n) is 5.67. The van der Waals surface area contributed by atoms with Crippen molar-refractivity contribution in [3.63, 3.8) is 0 Å². The number of hydrogen-bond donors (Lipinski definition) is 3. The lowest BCUT2D eigenvalue weighted by Gasteiger charge is -2.42. The summed E-state index contributed by atoms with van der Waals surface area (Å²) in [4.78, 5) is 9.04. The third kappa shape index (κ3) is 2.68. The maximum absolute atomic E-state index is 13.2. The first-order valence-corrected chi connectivity index (χ1v) is 8.70. The van der Waals surface area contributed by atoms with Gasteiger partial charge in [0.25, 0.3) is 5.92 Å². The van der Waals surface area contributed by atoms with Gasteiger partial charge in [-0.2, -0.15) is 0 Å². The maximum Gasteiger partial charge on any atom is 0.272 e. The molecule has 1 aliphatic heterocycles. The fraction of sp³-hybridized carbons (Fsp3) is 0.588. The van der Waals surface area contributed by atoms with E-state index in [-0.39, 0.29) is 36.5 Å². The number of aromatic nitrogens is 3. The summed E-state index contributed by atoms with van der Waals surface area (Å²) in [6, 6.07) is 1.92. The standard InChI is InChI=1S/C17H22F2N6/c1-2-10-5-11(24-8-17(18,19)9-24)6-12(10)15(21)25-13-3-4-22-16(13)23-7-14(25)20/h3-4,7,10-12,20-22H,2,5-6,8-9H2,1H3/t10-,11+,12?/m1/s1. The molecule has 3 N–H and O–H groups in total. The molecule has 2 aromatic heterocycles. The smallest absolute Gasteiger partial charge is 0.272 e. The molecule has 4 rings (SSSR count). The van der Waals surface area contributed by atoms with Gasteiger partial charge in [-0.3, -0.25) is 20.3 Å². The fourth-order valence-corrected chi connectivity index (χ4v) is 4.36. The van der Waals surface area contributed by atoms with E-state index in [1.54, 1.807) is 10.8 Å². The number of nitrogens with zero attached hydrogens (tertiary/aromatic N) is 3. The number of fused-ring (bicyclic) bond motifs is 1. The van der Waals surface area contributed by atoms with Crippen molar-refractivity contribution in [3.05, 3.63) is 23.9 Å². The largest absolute Gasteiger partial charge is 0.345 e. The van der Waals surface area contributed by atoms with Crippen molar-refractivity contribution >= 4 is 17.0 Å². The van der Waals surface area contributed by atoms with Crippen LogP contribution in [0.5, 0.6) is 0 Å². The van der Waals surface area contributed by atoms with Crippen molar-refractivity contribution in [2.45, 2.75) is 38.2 Å². The Labute approximate surface area is 143 Å². The molecule has 2 aliphatic rings. The first-order valence-electron chi connectivity index (χ1n) is 8.70. The lowest BCUT2D eigenvalue weighted by Crippen LogP contribution is -2.59. The Morgan fingerprint density at radius 1 is 1.40 bits per heavy atom. The monoisotopic (exact) mass is 348 g/mol. The average Bonchev–Trinajstić information content (AvgIpc) is 3.18. The van der Waals surface area contributed by atoms with Gasteiger partial charge in [0, 0.05) is 18.2 Å². The van der Waals surface area contributed by atoms with E-state index >= 15 is 0 Å². The molecule has 0 spiro atoms. The zero-order chi connectivity index (χ0) is 17.8. The van der Waals surface area contributed by atoms with Crippen LogP contribution < -0.4 is 5.49 Å². The van der Waals surface area contributed by atoms with Crippen LogP contribution >= 0.6 is 0 Å². The van der Waals surface area contributed by atoms with Gasteiger partial charge in [0.1, 0.15) is 11.3 Å². The summed E-state index contributed by atoms with van der Waals surface area (Å²) in [7, 11) is 0. The lowest BCUT2D eigenvalue weighted by molar-refractivity contribution is -0.145. The Morgan fingerprint density at radius 2 is 2.16 bits per heavy atom. The quantitative estimate of drug-likeness (QED) is 0.588. The van der Waals surface area contributed by atoms with Crippen LogP contribution in [-0.2, 0) is 0 Å². The van der Waals surface area contributed by atoms with Crippen LogP contribution in [0.4, 0.5) is 8.78 Å². The number of alkyl halides is 2. The van der Waals surface area contributed by atoms with E-state index in [2.05, 4.69) is 16.9 Å². The van der Waals surface area contributed by atoms with E-state index in [9.17, 15) is 8.78 Å². The third-order valence-corrected chi connectivity index (χ3v) is 5.67. The Morgan fingerprint density at radius 3 is 2.84 bits per heavy atom. The van der Waals surface area contributed by atoms with Gasteiger partial charge in [-0.1, -0.05) is 13.3 Å². The van der Waals surface area contributed by atoms with Crippen LogP contribution in [0.15, 0.2) is 18.5 Å². The van der Waals surface area contributed by atoms with Crippen molar-refractivity contribution in [3.8, 4) is 0 Å². The second-order valence-electron chi connectivity index (χ2n) is 7.24. The number of halogens is 2. The molecule has 6 nitrogen and oxygen atoms in total. The summed E-state index contributed by atoms with van der Waals surface area (Å²) in [5.41, 5.74) is 1.53. The summed E-state index contributed by atoms with van der Waals surface area (Å²) in [5.74, 6) is -1.93. The summed E-state index contributed by atoms with van der Waals surface area (Å²) in [6.07, 6.45) is 5.64. The first-order chi connectivity index (χ1) is 11.9. The number of hydrogen-bond acceptors (Lipinski definition) is 4. The Kier molecular flexibility index (Phi) is 3.75. The van der Waals surface area contributed by atoms with Crippen LogP contribution in [-0.4, -0.2) is 50.3 Å². The van der Waals surface area contributed by atoms with Gasteiger partial charge in [-0.05, 0) is 24.8 Å². The highest BCUT2D eigenvalue weighted by atomic mass is 19.3. The van der Waals surface area contributed by atoms with Gasteiger partial charge in [0.05, 0.1) is 24.8 Å². The van der Waals surface area contributed by atoms with Crippen LogP contribution in [0, 0.1) is 22.7 Å². The molecule has 8 heteroatoms. The summed E-state index contributed by atoms with van der Waals surface area (Å²) in [5, 5.41) is 16.9. The predicted molar refractivity (Wildman–Crippen MR) is 89.9 cm³/mol. The first kappa shape index (κ1) is 16.4. The molecule has 0 bridgehead atoms. The molecule has 1 saturated heterocycles. The maximum atomic E-state index is 13.2.